The maximum atomic E-state index is 12.7. The van der Waals surface area contributed by atoms with E-state index in [1.807, 2.05) is 7.05 Å². The monoisotopic (exact) mass is 292 g/mol. The van der Waals surface area contributed by atoms with Crippen molar-refractivity contribution in [3.8, 4) is 0 Å². The molecule has 0 aromatic carbocycles. The van der Waals surface area contributed by atoms with Crippen LogP contribution in [0, 0.1) is 11.8 Å². The third-order valence-electron chi connectivity index (χ3n) is 4.50. The highest BCUT2D eigenvalue weighted by Crippen LogP contribution is 2.36. The molecule has 1 saturated heterocycles. The number of carboxylic acid groups (broad SMARTS) is 2. The van der Waals surface area contributed by atoms with Gasteiger partial charge in [-0.3, -0.25) is 9.36 Å². The molecule has 0 spiro atoms. The van der Waals surface area contributed by atoms with Crippen molar-refractivity contribution < 1.29 is 24.6 Å². The van der Waals surface area contributed by atoms with Crippen molar-refractivity contribution >= 4 is 17.8 Å². The second-order valence-corrected chi connectivity index (χ2v) is 5.81. The Hall–Kier alpha value is -2.15. The Morgan fingerprint density at radius 1 is 1.29 bits per heavy atom. The Morgan fingerprint density at radius 3 is 2.62 bits per heavy atom. The zero-order valence-electron chi connectivity index (χ0n) is 11.6. The van der Waals surface area contributed by atoms with Crippen LogP contribution in [0.15, 0.2) is 6.20 Å². The van der Waals surface area contributed by atoms with E-state index in [2.05, 4.69) is 4.90 Å². The number of carbonyl (C=O) groups is 3. The highest BCUT2D eigenvalue weighted by atomic mass is 16.4. The maximum Gasteiger partial charge on any atom is 0.415 e. The predicted octanol–water partition coefficient (Wildman–Crippen LogP) is 1.02. The lowest BCUT2D eigenvalue weighted by molar-refractivity contribution is 0.0690. The molecule has 1 aromatic heterocycles. The van der Waals surface area contributed by atoms with Crippen LogP contribution >= 0.6 is 0 Å². The van der Waals surface area contributed by atoms with Crippen molar-refractivity contribution in [2.75, 3.05) is 20.1 Å². The third-order valence-corrected chi connectivity index (χ3v) is 4.50. The first-order valence-corrected chi connectivity index (χ1v) is 6.83. The van der Waals surface area contributed by atoms with Crippen LogP contribution in [0.5, 0.6) is 0 Å². The predicted molar refractivity (Wildman–Crippen MR) is 71.9 cm³/mol. The van der Waals surface area contributed by atoms with E-state index in [0.29, 0.717) is 25.1 Å². The molecule has 2 atom stereocenters. The molecule has 112 valence electrons. The van der Waals surface area contributed by atoms with Gasteiger partial charge in [0.15, 0.2) is 5.78 Å². The summed E-state index contributed by atoms with van der Waals surface area (Å²) >= 11 is 0. The van der Waals surface area contributed by atoms with Gasteiger partial charge in [-0.1, -0.05) is 0 Å². The number of carbonyl (C=O) groups excluding carboxylic acids is 1. The normalized spacial score (nSPS) is 25.3. The van der Waals surface area contributed by atoms with E-state index in [1.54, 1.807) is 0 Å². The Bertz CT molecular complexity index is 648. The number of fused-ring (bicyclic) bond motifs is 2. The van der Waals surface area contributed by atoms with E-state index in [9.17, 15) is 24.6 Å². The average Bonchev–Trinajstić information content (AvgIpc) is 2.93. The first-order chi connectivity index (χ1) is 9.90. The maximum absolute atomic E-state index is 12.7. The Kier molecular flexibility index (Phi) is 3.09. The quantitative estimate of drug-likeness (QED) is 0.801. The molecule has 1 aliphatic heterocycles. The molecule has 2 unspecified atom stereocenters. The Labute approximate surface area is 120 Å². The third kappa shape index (κ3) is 2.04. The lowest BCUT2D eigenvalue weighted by atomic mass is 9.88. The van der Waals surface area contributed by atoms with Crippen LogP contribution < -0.4 is 0 Å². The molecule has 0 saturated carbocycles. The number of nitrogens with zero attached hydrogens (tertiary/aromatic N) is 2. The van der Waals surface area contributed by atoms with E-state index in [-0.39, 0.29) is 28.7 Å². The molecule has 1 fully saturated rings. The number of hydrogen-bond acceptors (Lipinski definition) is 4. The van der Waals surface area contributed by atoms with Crippen LogP contribution in [0.25, 0.3) is 0 Å². The van der Waals surface area contributed by atoms with Gasteiger partial charge >= 0.3 is 12.1 Å². The second kappa shape index (κ2) is 4.70. The van der Waals surface area contributed by atoms with Crippen molar-refractivity contribution in [3.63, 3.8) is 0 Å². The highest BCUT2D eigenvalue weighted by molar-refractivity contribution is 6.09. The number of Topliss-reactive ketones (excluding diaryl/α,β-unsaturated/α-hetero) is 1. The lowest BCUT2D eigenvalue weighted by Crippen LogP contribution is -2.23. The number of ketones is 1. The number of hydrogen-bond donors (Lipinski definition) is 2. The summed E-state index contributed by atoms with van der Waals surface area (Å²) in [6.45, 7) is 1.39. The summed E-state index contributed by atoms with van der Waals surface area (Å²) in [6, 6.07) is 0. The van der Waals surface area contributed by atoms with Crippen LogP contribution in [0.3, 0.4) is 0 Å². The molecule has 21 heavy (non-hydrogen) atoms. The molecule has 3 rings (SSSR count). The van der Waals surface area contributed by atoms with Gasteiger partial charge in [0.1, 0.15) is 0 Å². The van der Waals surface area contributed by atoms with Gasteiger partial charge in [0, 0.05) is 30.9 Å². The summed E-state index contributed by atoms with van der Waals surface area (Å²) < 4.78 is 0.890. The van der Waals surface area contributed by atoms with Gasteiger partial charge < -0.3 is 15.1 Å². The zero-order valence-corrected chi connectivity index (χ0v) is 11.6. The number of rotatable bonds is 1. The first kappa shape index (κ1) is 13.8. The standard InChI is InChI=1S/C14H16N2O5/c1-15-4-7-2-3-10-11(12(17)8(7)5-15)9(13(18)19)6-16(10)14(20)21/h6-8H,2-5H2,1H3,(H,18,19)(H,20,21). The lowest BCUT2D eigenvalue weighted by Gasteiger charge is -2.12. The molecule has 1 aliphatic carbocycles. The summed E-state index contributed by atoms with van der Waals surface area (Å²) in [7, 11) is 1.93. The fourth-order valence-electron chi connectivity index (χ4n) is 3.58. The number of carboxylic acids is 1. The fraction of sp³-hybridized carbons (Fsp3) is 0.500. The molecule has 7 heteroatoms. The van der Waals surface area contributed by atoms with E-state index < -0.39 is 12.1 Å². The number of likely N-dealkylation sites (tertiary alicyclic amines) is 1. The van der Waals surface area contributed by atoms with Crippen molar-refractivity contribution in [1.29, 1.82) is 0 Å². The van der Waals surface area contributed by atoms with Crippen LogP contribution in [0.1, 0.15) is 32.8 Å². The summed E-state index contributed by atoms with van der Waals surface area (Å²) in [6.07, 6.45) is 0.905. The molecule has 0 amide bonds. The molecule has 0 radical (unpaired) electrons. The van der Waals surface area contributed by atoms with Crippen LogP contribution in [0.2, 0.25) is 0 Å². The zero-order chi connectivity index (χ0) is 15.3. The topological polar surface area (TPSA) is 99.8 Å². The molecular formula is C14H16N2O5. The molecule has 2 N–H and O–H groups in total. The highest BCUT2D eigenvalue weighted by Gasteiger charge is 2.42. The van der Waals surface area contributed by atoms with Crippen molar-refractivity contribution in [1.82, 2.24) is 9.47 Å². The minimum Gasteiger partial charge on any atom is -0.478 e. The SMILES string of the molecule is CN1CC2CCc3c(c(C(=O)O)cn3C(=O)O)C(=O)C2C1. The molecule has 2 heterocycles. The Morgan fingerprint density at radius 2 is 2.00 bits per heavy atom. The number of aromatic nitrogens is 1. The van der Waals surface area contributed by atoms with Gasteiger partial charge in [0.05, 0.1) is 11.1 Å². The van der Waals surface area contributed by atoms with Crippen LogP contribution in [0.4, 0.5) is 4.79 Å². The van der Waals surface area contributed by atoms with E-state index in [4.69, 9.17) is 0 Å². The molecule has 1 aromatic rings. The summed E-state index contributed by atoms with van der Waals surface area (Å²) in [5.74, 6) is -1.56. The van der Waals surface area contributed by atoms with Gasteiger partial charge in [-0.2, -0.15) is 0 Å². The van der Waals surface area contributed by atoms with E-state index in [0.717, 1.165) is 17.3 Å². The van der Waals surface area contributed by atoms with Gasteiger partial charge in [-0.05, 0) is 25.8 Å². The Balaban J connectivity index is 2.15. The molecular weight excluding hydrogens is 276 g/mol. The summed E-state index contributed by atoms with van der Waals surface area (Å²) in [4.78, 5) is 37.4. The van der Waals surface area contributed by atoms with Crippen molar-refractivity contribution in [2.45, 2.75) is 12.8 Å². The first-order valence-electron chi connectivity index (χ1n) is 6.83. The van der Waals surface area contributed by atoms with Crippen LogP contribution in [-0.4, -0.2) is 57.7 Å². The molecule has 7 nitrogen and oxygen atoms in total. The minimum absolute atomic E-state index is 0.0905. The number of aromatic carboxylic acids is 1. The van der Waals surface area contributed by atoms with Gasteiger partial charge in [0.2, 0.25) is 0 Å². The molecule has 2 aliphatic rings. The van der Waals surface area contributed by atoms with Gasteiger partial charge in [0.25, 0.3) is 0 Å². The largest absolute Gasteiger partial charge is 0.478 e. The van der Waals surface area contributed by atoms with Crippen molar-refractivity contribution in [3.05, 3.63) is 23.0 Å². The smallest absolute Gasteiger partial charge is 0.415 e. The van der Waals surface area contributed by atoms with Crippen molar-refractivity contribution in [2.24, 2.45) is 11.8 Å². The van der Waals surface area contributed by atoms with Gasteiger partial charge in [-0.25, -0.2) is 9.59 Å². The minimum atomic E-state index is -1.26. The van der Waals surface area contributed by atoms with E-state index in [1.165, 1.54) is 0 Å². The second-order valence-electron chi connectivity index (χ2n) is 5.81. The average molecular weight is 292 g/mol. The molecule has 0 bridgehead atoms. The fourth-order valence-corrected chi connectivity index (χ4v) is 3.58. The summed E-state index contributed by atoms with van der Waals surface area (Å²) in [5.41, 5.74) is 0.210. The van der Waals surface area contributed by atoms with Gasteiger partial charge in [-0.15, -0.1) is 0 Å². The summed E-state index contributed by atoms with van der Waals surface area (Å²) in [5, 5.41) is 18.5. The van der Waals surface area contributed by atoms with Crippen LogP contribution in [-0.2, 0) is 6.42 Å². The van der Waals surface area contributed by atoms with E-state index >= 15 is 0 Å².